The summed E-state index contributed by atoms with van der Waals surface area (Å²) < 4.78 is 12.9. The molecule has 0 aliphatic rings. The predicted octanol–water partition coefficient (Wildman–Crippen LogP) is 1.44. The van der Waals surface area contributed by atoms with Gasteiger partial charge in [-0.1, -0.05) is 12.1 Å². The summed E-state index contributed by atoms with van der Waals surface area (Å²) in [5.41, 5.74) is 1.89. The number of hydrogen-bond donors (Lipinski definition) is 2. The van der Waals surface area contributed by atoms with Gasteiger partial charge in [-0.05, 0) is 37.6 Å². The third-order valence-corrected chi connectivity index (χ3v) is 2.11. The molecule has 0 saturated heterocycles. The minimum atomic E-state index is -0.128. The first-order valence-electron chi connectivity index (χ1n) is 4.84. The average Bonchev–Trinajstić information content (AvgIpc) is 2.18. The molecule has 1 aromatic rings. The SMILES string of the molecule is CNCNCCc1ccc(F)c(C)c1. The van der Waals surface area contributed by atoms with Crippen LogP contribution in [-0.4, -0.2) is 20.3 Å². The highest BCUT2D eigenvalue weighted by Crippen LogP contribution is 2.09. The topological polar surface area (TPSA) is 24.1 Å². The van der Waals surface area contributed by atoms with E-state index < -0.39 is 0 Å². The van der Waals surface area contributed by atoms with Crippen LogP contribution in [0.5, 0.6) is 0 Å². The molecule has 3 heteroatoms. The van der Waals surface area contributed by atoms with E-state index in [0.717, 1.165) is 25.2 Å². The lowest BCUT2D eigenvalue weighted by Gasteiger charge is -2.05. The molecule has 1 rings (SSSR count). The molecule has 14 heavy (non-hydrogen) atoms. The van der Waals surface area contributed by atoms with Crippen molar-refractivity contribution in [1.29, 1.82) is 0 Å². The molecular formula is C11H17FN2. The smallest absolute Gasteiger partial charge is 0.126 e. The maximum absolute atomic E-state index is 12.9. The Morgan fingerprint density at radius 2 is 2.14 bits per heavy atom. The first-order valence-corrected chi connectivity index (χ1v) is 4.84. The molecular weight excluding hydrogens is 179 g/mol. The van der Waals surface area contributed by atoms with Gasteiger partial charge in [0, 0.05) is 13.2 Å². The second-order valence-corrected chi connectivity index (χ2v) is 3.36. The molecule has 0 aromatic heterocycles. The van der Waals surface area contributed by atoms with E-state index >= 15 is 0 Å². The third-order valence-electron chi connectivity index (χ3n) is 2.11. The van der Waals surface area contributed by atoms with Gasteiger partial charge < -0.3 is 10.6 Å². The Labute approximate surface area is 84.5 Å². The van der Waals surface area contributed by atoms with Crippen molar-refractivity contribution in [2.75, 3.05) is 20.3 Å². The summed E-state index contributed by atoms with van der Waals surface area (Å²) in [7, 11) is 1.90. The van der Waals surface area contributed by atoms with Crippen molar-refractivity contribution in [1.82, 2.24) is 10.6 Å². The summed E-state index contributed by atoms with van der Waals surface area (Å²) in [6.07, 6.45) is 0.933. The van der Waals surface area contributed by atoms with Gasteiger partial charge in [-0.3, -0.25) is 0 Å². The maximum atomic E-state index is 12.9. The summed E-state index contributed by atoms with van der Waals surface area (Å²) >= 11 is 0. The lowest BCUT2D eigenvalue weighted by atomic mass is 10.1. The van der Waals surface area contributed by atoms with Gasteiger partial charge in [0.25, 0.3) is 0 Å². The fraction of sp³-hybridized carbons (Fsp3) is 0.455. The number of aryl methyl sites for hydroxylation is 1. The van der Waals surface area contributed by atoms with Crippen LogP contribution in [0.3, 0.4) is 0 Å². The fourth-order valence-electron chi connectivity index (χ4n) is 1.31. The minimum absolute atomic E-state index is 0.128. The molecule has 0 fully saturated rings. The van der Waals surface area contributed by atoms with E-state index in [1.54, 1.807) is 6.92 Å². The van der Waals surface area contributed by atoms with Crippen molar-refractivity contribution < 1.29 is 4.39 Å². The van der Waals surface area contributed by atoms with Crippen LogP contribution in [0.25, 0.3) is 0 Å². The zero-order chi connectivity index (χ0) is 10.4. The van der Waals surface area contributed by atoms with Gasteiger partial charge in [0.1, 0.15) is 5.82 Å². The Hall–Kier alpha value is -0.930. The average molecular weight is 196 g/mol. The zero-order valence-corrected chi connectivity index (χ0v) is 8.73. The Bertz CT molecular complexity index is 287. The maximum Gasteiger partial charge on any atom is 0.126 e. The summed E-state index contributed by atoms with van der Waals surface area (Å²) in [6, 6.07) is 5.27. The number of hydrogen-bond acceptors (Lipinski definition) is 2. The number of halogens is 1. The Morgan fingerprint density at radius 1 is 1.36 bits per heavy atom. The van der Waals surface area contributed by atoms with E-state index in [0.29, 0.717) is 0 Å². The van der Waals surface area contributed by atoms with Gasteiger partial charge >= 0.3 is 0 Å². The molecule has 0 amide bonds. The highest BCUT2D eigenvalue weighted by atomic mass is 19.1. The molecule has 0 bridgehead atoms. The summed E-state index contributed by atoms with van der Waals surface area (Å²) in [5, 5.41) is 6.22. The van der Waals surface area contributed by atoms with Gasteiger partial charge in [0.05, 0.1) is 0 Å². The summed E-state index contributed by atoms with van der Waals surface area (Å²) in [5.74, 6) is -0.128. The first-order chi connectivity index (χ1) is 6.74. The van der Waals surface area contributed by atoms with Crippen LogP contribution in [0, 0.1) is 12.7 Å². The quantitative estimate of drug-likeness (QED) is 0.550. The Kier molecular flexibility index (Phi) is 4.56. The zero-order valence-electron chi connectivity index (χ0n) is 8.73. The van der Waals surface area contributed by atoms with Crippen molar-refractivity contribution >= 4 is 0 Å². The fourth-order valence-corrected chi connectivity index (χ4v) is 1.31. The lowest BCUT2D eigenvalue weighted by Crippen LogP contribution is -2.27. The van der Waals surface area contributed by atoms with Gasteiger partial charge in [0.15, 0.2) is 0 Å². The molecule has 0 spiro atoms. The van der Waals surface area contributed by atoms with Crippen molar-refractivity contribution in [3.8, 4) is 0 Å². The van der Waals surface area contributed by atoms with E-state index in [4.69, 9.17) is 0 Å². The van der Waals surface area contributed by atoms with Crippen LogP contribution in [0.4, 0.5) is 4.39 Å². The lowest BCUT2D eigenvalue weighted by molar-refractivity contribution is 0.613. The second-order valence-electron chi connectivity index (χ2n) is 3.36. The minimum Gasteiger partial charge on any atom is -0.308 e. The number of rotatable bonds is 5. The molecule has 2 nitrogen and oxygen atoms in total. The molecule has 0 heterocycles. The van der Waals surface area contributed by atoms with Crippen molar-refractivity contribution in [2.24, 2.45) is 0 Å². The standard InChI is InChI=1S/C11H17FN2/c1-9-7-10(3-4-11(9)12)5-6-14-8-13-2/h3-4,7,13-14H,5-6,8H2,1-2H3. The Morgan fingerprint density at radius 3 is 2.79 bits per heavy atom. The molecule has 0 saturated carbocycles. The van der Waals surface area contributed by atoms with Crippen LogP contribution in [0.1, 0.15) is 11.1 Å². The van der Waals surface area contributed by atoms with Crippen molar-refractivity contribution in [3.05, 3.63) is 35.1 Å². The molecule has 0 atom stereocenters. The molecule has 0 aliphatic carbocycles. The van der Waals surface area contributed by atoms with E-state index in [1.165, 1.54) is 11.6 Å². The highest BCUT2D eigenvalue weighted by molar-refractivity contribution is 5.24. The Balaban J connectivity index is 2.39. The molecule has 1 aromatic carbocycles. The van der Waals surface area contributed by atoms with Gasteiger partial charge in [-0.2, -0.15) is 0 Å². The number of benzene rings is 1. The predicted molar refractivity (Wildman–Crippen MR) is 56.8 cm³/mol. The third kappa shape index (κ3) is 3.44. The van der Waals surface area contributed by atoms with Gasteiger partial charge in [-0.15, -0.1) is 0 Å². The molecule has 2 N–H and O–H groups in total. The van der Waals surface area contributed by atoms with Gasteiger partial charge in [0.2, 0.25) is 0 Å². The molecule has 0 unspecified atom stereocenters. The van der Waals surface area contributed by atoms with Crippen molar-refractivity contribution in [2.45, 2.75) is 13.3 Å². The van der Waals surface area contributed by atoms with Crippen molar-refractivity contribution in [3.63, 3.8) is 0 Å². The second kappa shape index (κ2) is 5.73. The van der Waals surface area contributed by atoms with Gasteiger partial charge in [-0.25, -0.2) is 4.39 Å². The van der Waals surface area contributed by atoms with E-state index in [9.17, 15) is 4.39 Å². The highest BCUT2D eigenvalue weighted by Gasteiger charge is 1.98. The van der Waals surface area contributed by atoms with E-state index in [1.807, 2.05) is 19.2 Å². The van der Waals surface area contributed by atoms with Crippen LogP contribution >= 0.6 is 0 Å². The first kappa shape index (κ1) is 11.1. The number of nitrogens with one attached hydrogen (secondary N) is 2. The molecule has 78 valence electrons. The molecule has 0 aliphatic heterocycles. The van der Waals surface area contributed by atoms with Crippen LogP contribution in [0.2, 0.25) is 0 Å². The van der Waals surface area contributed by atoms with E-state index in [-0.39, 0.29) is 5.82 Å². The van der Waals surface area contributed by atoms with Crippen LogP contribution in [-0.2, 0) is 6.42 Å². The van der Waals surface area contributed by atoms with E-state index in [2.05, 4.69) is 10.6 Å². The normalized spacial score (nSPS) is 10.5. The summed E-state index contributed by atoms with van der Waals surface area (Å²) in [6.45, 7) is 3.51. The van der Waals surface area contributed by atoms with Crippen LogP contribution < -0.4 is 10.6 Å². The molecule has 0 radical (unpaired) electrons. The summed E-state index contributed by atoms with van der Waals surface area (Å²) in [4.78, 5) is 0. The monoisotopic (exact) mass is 196 g/mol. The largest absolute Gasteiger partial charge is 0.308 e. The van der Waals surface area contributed by atoms with Crippen LogP contribution in [0.15, 0.2) is 18.2 Å².